The largest absolute Gasteiger partial charge is 0.493 e. The van der Waals surface area contributed by atoms with Crippen LogP contribution >= 0.6 is 0 Å². The minimum Gasteiger partial charge on any atom is -0.493 e. The van der Waals surface area contributed by atoms with Gasteiger partial charge in [0.15, 0.2) is 0 Å². The number of nitrogens with zero attached hydrogens (tertiary/aromatic N) is 1. The van der Waals surface area contributed by atoms with E-state index in [1.165, 1.54) is 0 Å². The third kappa shape index (κ3) is 5.62. The maximum absolute atomic E-state index is 13.1. The van der Waals surface area contributed by atoms with E-state index in [2.05, 4.69) is 6.92 Å². The number of carbonyl (C=O) groups excluding carboxylic acids is 1. The predicted molar refractivity (Wildman–Crippen MR) is 103 cm³/mol. The summed E-state index contributed by atoms with van der Waals surface area (Å²) < 4.78 is 11.5. The Balaban J connectivity index is 2.16. The third-order valence-electron chi connectivity index (χ3n) is 4.92. The van der Waals surface area contributed by atoms with E-state index in [9.17, 15) is 14.7 Å². The fourth-order valence-electron chi connectivity index (χ4n) is 3.30. The van der Waals surface area contributed by atoms with E-state index >= 15 is 0 Å². The van der Waals surface area contributed by atoms with Crippen LogP contribution in [0, 0.1) is 11.8 Å². The number of carboxylic acid groups (broad SMARTS) is 1. The lowest BCUT2D eigenvalue weighted by molar-refractivity contribution is -0.145. The Kier molecular flexibility index (Phi) is 7.95. The van der Waals surface area contributed by atoms with Crippen LogP contribution in [0.2, 0.25) is 0 Å². The van der Waals surface area contributed by atoms with Crippen molar-refractivity contribution in [3.05, 3.63) is 23.8 Å². The summed E-state index contributed by atoms with van der Waals surface area (Å²) in [7, 11) is 0. The molecule has 0 bridgehead atoms. The van der Waals surface area contributed by atoms with Crippen molar-refractivity contribution in [3.63, 3.8) is 0 Å². The van der Waals surface area contributed by atoms with Crippen LogP contribution in [0.1, 0.15) is 56.8 Å². The molecular weight excluding hydrogens is 346 g/mol. The van der Waals surface area contributed by atoms with Crippen molar-refractivity contribution in [2.24, 2.45) is 11.8 Å². The van der Waals surface area contributed by atoms with Gasteiger partial charge >= 0.3 is 5.97 Å². The Morgan fingerprint density at radius 1 is 1.19 bits per heavy atom. The monoisotopic (exact) mass is 377 g/mol. The van der Waals surface area contributed by atoms with Gasteiger partial charge in [0.25, 0.3) is 5.91 Å². The van der Waals surface area contributed by atoms with Crippen LogP contribution in [0.5, 0.6) is 11.5 Å². The number of carboxylic acids is 1. The topological polar surface area (TPSA) is 76.1 Å². The highest BCUT2D eigenvalue weighted by Crippen LogP contribution is 2.30. The van der Waals surface area contributed by atoms with Crippen LogP contribution in [0.15, 0.2) is 18.2 Å². The zero-order valence-electron chi connectivity index (χ0n) is 16.6. The molecule has 0 radical (unpaired) electrons. The molecule has 6 heteroatoms. The first-order valence-electron chi connectivity index (χ1n) is 9.89. The van der Waals surface area contributed by atoms with E-state index in [4.69, 9.17) is 9.47 Å². The molecule has 6 nitrogen and oxygen atoms in total. The Morgan fingerprint density at radius 2 is 1.96 bits per heavy atom. The second-order valence-electron chi connectivity index (χ2n) is 7.17. The summed E-state index contributed by atoms with van der Waals surface area (Å²) in [6, 6.07) is 5.33. The second-order valence-corrected chi connectivity index (χ2v) is 7.17. The number of amides is 1. The molecule has 1 aliphatic rings. The lowest BCUT2D eigenvalue weighted by Gasteiger charge is -2.35. The lowest BCUT2D eigenvalue weighted by Crippen LogP contribution is -2.45. The van der Waals surface area contributed by atoms with Crippen LogP contribution in [0.3, 0.4) is 0 Å². The molecule has 150 valence electrons. The van der Waals surface area contributed by atoms with E-state index in [0.717, 1.165) is 19.3 Å². The van der Waals surface area contributed by atoms with Crippen molar-refractivity contribution in [3.8, 4) is 11.5 Å². The zero-order valence-corrected chi connectivity index (χ0v) is 16.6. The van der Waals surface area contributed by atoms with E-state index in [0.29, 0.717) is 49.8 Å². The van der Waals surface area contributed by atoms with Crippen LogP contribution in [0.25, 0.3) is 0 Å². The first-order chi connectivity index (χ1) is 13.0. The number of benzene rings is 1. The smallest absolute Gasteiger partial charge is 0.306 e. The molecule has 2 unspecified atom stereocenters. The summed E-state index contributed by atoms with van der Waals surface area (Å²) in [5.74, 6) is -0.126. The molecule has 0 aromatic heterocycles. The van der Waals surface area contributed by atoms with Crippen molar-refractivity contribution < 1.29 is 24.2 Å². The molecule has 2 atom stereocenters. The predicted octanol–water partition coefficient (Wildman–Crippen LogP) is 3.84. The average Bonchev–Trinajstić information content (AvgIpc) is 2.65. The van der Waals surface area contributed by atoms with E-state index in [-0.39, 0.29) is 17.7 Å². The van der Waals surface area contributed by atoms with E-state index in [1.807, 2.05) is 13.8 Å². The van der Waals surface area contributed by atoms with Gasteiger partial charge in [-0.05, 0) is 37.3 Å². The zero-order chi connectivity index (χ0) is 19.8. The summed E-state index contributed by atoms with van der Waals surface area (Å²) in [6.07, 6.45) is 3.30. The fourth-order valence-corrected chi connectivity index (χ4v) is 3.30. The molecule has 1 fully saturated rings. The molecule has 27 heavy (non-hydrogen) atoms. The number of unbranched alkanes of at least 4 members (excludes halogenated alkanes) is 1. The average molecular weight is 377 g/mol. The maximum atomic E-state index is 13.1. The summed E-state index contributed by atoms with van der Waals surface area (Å²) in [4.78, 5) is 26.1. The highest BCUT2D eigenvalue weighted by molar-refractivity contribution is 5.97. The van der Waals surface area contributed by atoms with E-state index in [1.54, 1.807) is 23.1 Å². The Bertz CT molecular complexity index is 645. The number of piperidine rings is 1. The number of carbonyl (C=O) groups is 2. The molecule has 0 saturated carbocycles. The maximum Gasteiger partial charge on any atom is 0.306 e. The summed E-state index contributed by atoms with van der Waals surface area (Å²) >= 11 is 0. The highest BCUT2D eigenvalue weighted by atomic mass is 16.5. The molecule has 0 aliphatic carbocycles. The van der Waals surface area contributed by atoms with Crippen LogP contribution in [-0.4, -0.2) is 48.2 Å². The molecule has 0 spiro atoms. The fraction of sp³-hybridized carbons (Fsp3) is 0.619. The van der Waals surface area contributed by atoms with Gasteiger partial charge < -0.3 is 19.5 Å². The molecule has 1 N–H and O–H groups in total. The molecule has 1 heterocycles. The van der Waals surface area contributed by atoms with Gasteiger partial charge in [0.05, 0.1) is 24.7 Å². The Morgan fingerprint density at radius 3 is 2.59 bits per heavy atom. The molecule has 1 amide bonds. The number of hydrogen-bond donors (Lipinski definition) is 1. The summed E-state index contributed by atoms with van der Waals surface area (Å²) in [5, 5.41) is 9.28. The molecule has 2 rings (SSSR count). The van der Waals surface area contributed by atoms with Gasteiger partial charge in [0, 0.05) is 19.2 Å². The highest BCUT2D eigenvalue weighted by Gasteiger charge is 2.34. The third-order valence-corrected chi connectivity index (χ3v) is 4.92. The van der Waals surface area contributed by atoms with Gasteiger partial charge in [-0.25, -0.2) is 0 Å². The van der Waals surface area contributed by atoms with Gasteiger partial charge in [-0.3, -0.25) is 9.59 Å². The molecule has 1 aliphatic heterocycles. The summed E-state index contributed by atoms with van der Waals surface area (Å²) in [5.41, 5.74) is 0.510. The lowest BCUT2D eigenvalue weighted by atomic mass is 9.87. The van der Waals surface area contributed by atoms with Gasteiger partial charge in [-0.1, -0.05) is 27.2 Å². The minimum atomic E-state index is -0.782. The van der Waals surface area contributed by atoms with Crippen molar-refractivity contribution in [2.75, 3.05) is 26.3 Å². The van der Waals surface area contributed by atoms with Crippen molar-refractivity contribution in [2.45, 2.75) is 46.5 Å². The molecule has 1 aromatic carbocycles. The quantitative estimate of drug-likeness (QED) is 0.662. The molecule has 1 aromatic rings. The van der Waals surface area contributed by atoms with E-state index < -0.39 is 5.97 Å². The normalized spacial score (nSPS) is 19.6. The minimum absolute atomic E-state index is 0.0724. The first-order valence-corrected chi connectivity index (χ1v) is 9.89. The number of likely N-dealkylation sites (tertiary alicyclic amines) is 1. The first kappa shape index (κ1) is 21.1. The number of rotatable bonds is 9. The Hall–Kier alpha value is -2.24. The number of aliphatic carboxylic acids is 1. The van der Waals surface area contributed by atoms with Crippen LogP contribution in [0.4, 0.5) is 0 Å². The SMILES string of the molecule is CCCCOc1cc(OCCC)ccc1C(=O)N1CCC(C(=O)O)C(C)C1. The molecular formula is C21H31NO5. The van der Waals surface area contributed by atoms with Crippen LogP contribution in [-0.2, 0) is 4.79 Å². The van der Waals surface area contributed by atoms with Gasteiger partial charge in [0.1, 0.15) is 11.5 Å². The second kappa shape index (κ2) is 10.2. The van der Waals surface area contributed by atoms with Crippen molar-refractivity contribution in [1.29, 1.82) is 0 Å². The summed E-state index contributed by atoms with van der Waals surface area (Å²) in [6.45, 7) is 8.07. The molecule has 1 saturated heterocycles. The van der Waals surface area contributed by atoms with Gasteiger partial charge in [-0.15, -0.1) is 0 Å². The van der Waals surface area contributed by atoms with Gasteiger partial charge in [0.2, 0.25) is 0 Å². The Labute approximate surface area is 161 Å². The standard InChI is InChI=1S/C21H31NO5/c1-4-6-12-27-19-13-16(26-11-5-2)7-8-18(19)20(23)22-10-9-17(21(24)25)15(3)14-22/h7-8,13,15,17H,4-6,9-12,14H2,1-3H3,(H,24,25). The van der Waals surface area contributed by atoms with Gasteiger partial charge in [-0.2, -0.15) is 0 Å². The van der Waals surface area contributed by atoms with Crippen molar-refractivity contribution >= 4 is 11.9 Å². The van der Waals surface area contributed by atoms with Crippen LogP contribution < -0.4 is 9.47 Å². The number of ether oxygens (including phenoxy) is 2. The van der Waals surface area contributed by atoms with Crippen molar-refractivity contribution in [1.82, 2.24) is 4.90 Å². The number of hydrogen-bond acceptors (Lipinski definition) is 4.